The highest BCUT2D eigenvalue weighted by Gasteiger charge is 2.28. The first-order valence-electron chi connectivity index (χ1n) is 6.90. The number of allylic oxidation sites excluding steroid dienone is 3. The van der Waals surface area contributed by atoms with Gasteiger partial charge in [0.1, 0.15) is 0 Å². The van der Waals surface area contributed by atoms with Crippen LogP contribution in [0.1, 0.15) is 42.1 Å². The summed E-state index contributed by atoms with van der Waals surface area (Å²) in [5.41, 5.74) is 4.57. The fraction of sp³-hybridized carbons (Fsp3) is 0.412. The number of aryl methyl sites for hydroxylation is 1. The summed E-state index contributed by atoms with van der Waals surface area (Å²) in [5.74, 6) is 0. The van der Waals surface area contributed by atoms with Gasteiger partial charge in [-0.25, -0.2) is 0 Å². The van der Waals surface area contributed by atoms with Crippen LogP contribution in [-0.2, 0) is 0 Å². The molecule has 94 valence electrons. The number of rotatable bonds is 2. The Labute approximate surface area is 114 Å². The van der Waals surface area contributed by atoms with E-state index in [0.717, 1.165) is 5.25 Å². The molecule has 0 saturated carbocycles. The first-order chi connectivity index (χ1) is 8.83. The fourth-order valence-electron chi connectivity index (χ4n) is 2.92. The van der Waals surface area contributed by atoms with Gasteiger partial charge in [-0.05, 0) is 38.2 Å². The van der Waals surface area contributed by atoms with Crippen molar-refractivity contribution in [1.29, 1.82) is 0 Å². The Morgan fingerprint density at radius 1 is 1.17 bits per heavy atom. The topological polar surface area (TPSA) is 0 Å². The van der Waals surface area contributed by atoms with Crippen LogP contribution in [0.4, 0.5) is 0 Å². The van der Waals surface area contributed by atoms with Crippen LogP contribution >= 0.6 is 11.8 Å². The quantitative estimate of drug-likeness (QED) is 0.700. The second-order valence-corrected chi connectivity index (χ2v) is 6.72. The van der Waals surface area contributed by atoms with Gasteiger partial charge in [0, 0.05) is 10.5 Å². The van der Waals surface area contributed by atoms with Crippen molar-refractivity contribution in [3.05, 3.63) is 59.2 Å². The van der Waals surface area contributed by atoms with E-state index in [1.165, 1.54) is 36.8 Å². The molecule has 1 heterocycles. The second kappa shape index (κ2) is 5.36. The molecule has 0 nitrogen and oxygen atoms in total. The molecule has 1 heteroatoms. The summed E-state index contributed by atoms with van der Waals surface area (Å²) in [4.78, 5) is 0. The van der Waals surface area contributed by atoms with E-state index in [0.29, 0.717) is 5.25 Å². The van der Waals surface area contributed by atoms with E-state index >= 15 is 0 Å². The van der Waals surface area contributed by atoms with E-state index in [1.54, 1.807) is 5.57 Å². The highest BCUT2D eigenvalue weighted by Crippen LogP contribution is 2.48. The lowest BCUT2D eigenvalue weighted by Crippen LogP contribution is -2.03. The minimum absolute atomic E-state index is 0.710. The predicted octanol–water partition coefficient (Wildman–Crippen LogP) is 5.21. The molecule has 1 aliphatic heterocycles. The molecular formula is C17H20S. The molecule has 0 radical (unpaired) electrons. The molecule has 18 heavy (non-hydrogen) atoms. The molecule has 1 fully saturated rings. The first kappa shape index (κ1) is 12.1. The maximum atomic E-state index is 2.36. The number of thioether (sulfide) groups is 1. The Kier molecular flexibility index (Phi) is 3.60. The molecule has 1 aliphatic carbocycles. The molecule has 1 aromatic rings. The van der Waals surface area contributed by atoms with Crippen molar-refractivity contribution in [1.82, 2.24) is 0 Å². The Bertz CT molecular complexity index is 484. The Morgan fingerprint density at radius 3 is 2.83 bits per heavy atom. The molecule has 0 bridgehead atoms. The third-order valence-electron chi connectivity index (χ3n) is 3.89. The van der Waals surface area contributed by atoms with Crippen LogP contribution < -0.4 is 0 Å². The summed E-state index contributed by atoms with van der Waals surface area (Å²) < 4.78 is 0. The summed E-state index contributed by atoms with van der Waals surface area (Å²) in [7, 11) is 0. The number of benzene rings is 1. The Morgan fingerprint density at radius 2 is 2.06 bits per heavy atom. The first-order valence-corrected chi connectivity index (χ1v) is 7.85. The monoisotopic (exact) mass is 256 g/mol. The van der Waals surface area contributed by atoms with Crippen molar-refractivity contribution in [2.45, 2.75) is 43.1 Å². The average molecular weight is 256 g/mol. The van der Waals surface area contributed by atoms with Crippen LogP contribution in [0.25, 0.3) is 0 Å². The van der Waals surface area contributed by atoms with E-state index in [2.05, 4.69) is 61.2 Å². The van der Waals surface area contributed by atoms with Crippen LogP contribution in [0.5, 0.6) is 0 Å². The molecule has 2 atom stereocenters. The second-order valence-electron chi connectivity index (χ2n) is 5.31. The predicted molar refractivity (Wildman–Crippen MR) is 81.0 cm³/mol. The molecule has 0 amide bonds. The van der Waals surface area contributed by atoms with Gasteiger partial charge in [-0.2, -0.15) is 0 Å². The molecule has 1 saturated heterocycles. The van der Waals surface area contributed by atoms with Gasteiger partial charge in [-0.15, -0.1) is 11.8 Å². The zero-order valence-electron chi connectivity index (χ0n) is 10.9. The zero-order valence-corrected chi connectivity index (χ0v) is 11.7. The summed E-state index contributed by atoms with van der Waals surface area (Å²) >= 11 is 2.18. The normalized spacial score (nSPS) is 27.3. The van der Waals surface area contributed by atoms with Crippen molar-refractivity contribution >= 4 is 11.8 Å². The van der Waals surface area contributed by atoms with Gasteiger partial charge in [0.2, 0.25) is 0 Å². The number of hydrogen-bond donors (Lipinski definition) is 0. The van der Waals surface area contributed by atoms with E-state index in [4.69, 9.17) is 0 Å². The summed E-state index contributed by atoms with van der Waals surface area (Å²) in [6.07, 6.45) is 12.1. The van der Waals surface area contributed by atoms with Crippen molar-refractivity contribution in [3.8, 4) is 0 Å². The standard InChI is InChI=1S/C17H20S/c1-13-6-5-9-15(12-13)17-11-10-16(18-17)14-7-3-2-4-8-14/h2-3,5-7,9,12,16-17H,4,8,10-11H2,1H3. The third-order valence-corrected chi connectivity index (χ3v) is 5.60. The van der Waals surface area contributed by atoms with Crippen LogP contribution in [0.2, 0.25) is 0 Å². The Balaban J connectivity index is 1.71. The van der Waals surface area contributed by atoms with Gasteiger partial charge in [-0.3, -0.25) is 0 Å². The van der Waals surface area contributed by atoms with Crippen molar-refractivity contribution in [2.75, 3.05) is 0 Å². The molecule has 1 aromatic carbocycles. The SMILES string of the molecule is Cc1cccc(C2CCC(C3=CC=CCC3)S2)c1. The van der Waals surface area contributed by atoms with Crippen LogP contribution in [0, 0.1) is 6.92 Å². The van der Waals surface area contributed by atoms with Gasteiger partial charge in [-0.1, -0.05) is 53.6 Å². The fourth-order valence-corrected chi connectivity index (χ4v) is 4.53. The van der Waals surface area contributed by atoms with Crippen molar-refractivity contribution in [2.24, 2.45) is 0 Å². The Hall–Kier alpha value is -0.950. The van der Waals surface area contributed by atoms with Crippen LogP contribution in [-0.4, -0.2) is 5.25 Å². The molecule has 0 N–H and O–H groups in total. The lowest BCUT2D eigenvalue weighted by atomic mass is 9.98. The molecule has 0 aromatic heterocycles. The molecule has 0 spiro atoms. The molecular weight excluding hydrogens is 236 g/mol. The summed E-state index contributed by atoms with van der Waals surface area (Å²) in [5, 5.41) is 1.47. The van der Waals surface area contributed by atoms with E-state index in [-0.39, 0.29) is 0 Å². The summed E-state index contributed by atoms with van der Waals surface area (Å²) in [6, 6.07) is 9.04. The van der Waals surface area contributed by atoms with E-state index < -0.39 is 0 Å². The number of hydrogen-bond acceptors (Lipinski definition) is 1. The van der Waals surface area contributed by atoms with Crippen molar-refractivity contribution in [3.63, 3.8) is 0 Å². The highest BCUT2D eigenvalue weighted by molar-refractivity contribution is 8.00. The van der Waals surface area contributed by atoms with Crippen LogP contribution in [0.15, 0.2) is 48.1 Å². The maximum Gasteiger partial charge on any atom is 0.0303 e. The maximum absolute atomic E-state index is 2.36. The van der Waals surface area contributed by atoms with Gasteiger partial charge >= 0.3 is 0 Å². The lowest BCUT2D eigenvalue weighted by molar-refractivity contribution is 0.756. The summed E-state index contributed by atoms with van der Waals surface area (Å²) in [6.45, 7) is 2.19. The minimum Gasteiger partial charge on any atom is -0.146 e. The minimum atomic E-state index is 0.710. The largest absolute Gasteiger partial charge is 0.146 e. The average Bonchev–Trinajstić information content (AvgIpc) is 2.89. The van der Waals surface area contributed by atoms with Gasteiger partial charge in [0.15, 0.2) is 0 Å². The van der Waals surface area contributed by atoms with Gasteiger partial charge in [0.05, 0.1) is 0 Å². The molecule has 3 rings (SSSR count). The van der Waals surface area contributed by atoms with Gasteiger partial charge in [0.25, 0.3) is 0 Å². The van der Waals surface area contributed by atoms with E-state index in [9.17, 15) is 0 Å². The lowest BCUT2D eigenvalue weighted by Gasteiger charge is -2.17. The van der Waals surface area contributed by atoms with E-state index in [1.807, 2.05) is 0 Å². The smallest absolute Gasteiger partial charge is 0.0303 e. The highest BCUT2D eigenvalue weighted by atomic mass is 32.2. The van der Waals surface area contributed by atoms with Gasteiger partial charge < -0.3 is 0 Å². The zero-order chi connectivity index (χ0) is 12.4. The molecule has 2 unspecified atom stereocenters. The van der Waals surface area contributed by atoms with Crippen molar-refractivity contribution < 1.29 is 0 Å². The van der Waals surface area contributed by atoms with Crippen LogP contribution in [0.3, 0.4) is 0 Å². The molecule has 2 aliphatic rings. The third kappa shape index (κ3) is 2.56.